The Balaban J connectivity index is 1.27. The van der Waals surface area contributed by atoms with E-state index in [1.165, 1.54) is 30.3 Å². The lowest BCUT2D eigenvalue weighted by molar-refractivity contribution is -0.137. The predicted octanol–water partition coefficient (Wildman–Crippen LogP) is 8.40. The summed E-state index contributed by atoms with van der Waals surface area (Å²) in [5.41, 5.74) is 3.71. The molecular weight excluding hydrogens is 649 g/mol. The van der Waals surface area contributed by atoms with Gasteiger partial charge in [-0.05, 0) is 104 Å². The third kappa shape index (κ3) is 7.97. The third-order valence-corrected chi connectivity index (χ3v) is 9.45. The molecule has 0 bridgehead atoms. The number of likely N-dealkylation sites (tertiary alicyclic amines) is 1. The largest absolute Gasteiger partial charge is 0.416 e. The van der Waals surface area contributed by atoms with Crippen molar-refractivity contribution in [2.75, 3.05) is 19.6 Å². The summed E-state index contributed by atoms with van der Waals surface area (Å²) >= 11 is 0. The first-order valence-electron chi connectivity index (χ1n) is 16.8. The lowest BCUT2D eigenvalue weighted by Gasteiger charge is -2.24. The molecule has 0 aliphatic carbocycles. The summed E-state index contributed by atoms with van der Waals surface area (Å²) in [7, 11) is 0. The smallest absolute Gasteiger partial charge is 0.337 e. The molecule has 0 unspecified atom stereocenters. The summed E-state index contributed by atoms with van der Waals surface area (Å²) in [5.74, 6) is -2.05. The molecule has 4 aromatic carbocycles. The highest BCUT2D eigenvalue weighted by molar-refractivity contribution is 5.83. The standard InChI is InChI=1S/C40H38F5N3O2/c1-2-47(25-27-8-11-29(12-9-27)30-13-16-32(17-14-30)40(43,44)45)38(50)26-48-33(18-15-31-6-5-7-35(41)39(31)42)23-37(49)34-19-10-28(22-36(34)48)24-46-20-3-4-21-46/h5-14,16-17,19,22-23H,2-4,15,18,20-21,24-26H2,1H3. The molecule has 1 amide bonds. The summed E-state index contributed by atoms with van der Waals surface area (Å²) in [6, 6.07) is 23.5. The fourth-order valence-electron chi connectivity index (χ4n) is 6.65. The van der Waals surface area contributed by atoms with E-state index in [4.69, 9.17) is 0 Å². The number of carbonyl (C=O) groups is 1. The zero-order valence-electron chi connectivity index (χ0n) is 27.8. The number of amides is 1. The van der Waals surface area contributed by atoms with E-state index in [0.29, 0.717) is 35.2 Å². The number of aromatic nitrogens is 1. The van der Waals surface area contributed by atoms with Gasteiger partial charge in [0.05, 0.1) is 11.1 Å². The van der Waals surface area contributed by atoms with Gasteiger partial charge in [0.2, 0.25) is 5.91 Å². The molecule has 1 aliphatic rings. The van der Waals surface area contributed by atoms with Crippen LogP contribution >= 0.6 is 0 Å². The van der Waals surface area contributed by atoms with Gasteiger partial charge in [-0.1, -0.05) is 54.6 Å². The van der Waals surface area contributed by atoms with Gasteiger partial charge in [-0.3, -0.25) is 14.5 Å². The van der Waals surface area contributed by atoms with Crippen LogP contribution in [0.4, 0.5) is 22.0 Å². The summed E-state index contributed by atoms with van der Waals surface area (Å²) in [4.78, 5) is 31.4. The van der Waals surface area contributed by atoms with Gasteiger partial charge in [-0.25, -0.2) is 8.78 Å². The molecule has 1 saturated heterocycles. The maximum atomic E-state index is 14.6. The van der Waals surface area contributed by atoms with Gasteiger partial charge in [0, 0.05) is 36.8 Å². The Morgan fingerprint density at radius 1 is 0.820 bits per heavy atom. The van der Waals surface area contributed by atoms with Crippen molar-refractivity contribution in [3.05, 3.63) is 141 Å². The molecule has 10 heteroatoms. The Morgan fingerprint density at radius 3 is 2.14 bits per heavy atom. The molecule has 5 nitrogen and oxygen atoms in total. The first-order chi connectivity index (χ1) is 24.0. The normalized spacial score (nSPS) is 13.6. The van der Waals surface area contributed by atoms with E-state index >= 15 is 0 Å². The number of rotatable bonds is 11. The average molecular weight is 688 g/mol. The van der Waals surface area contributed by atoms with Crippen LogP contribution < -0.4 is 5.43 Å². The van der Waals surface area contributed by atoms with E-state index in [1.54, 1.807) is 11.0 Å². The molecule has 1 fully saturated rings. The molecule has 50 heavy (non-hydrogen) atoms. The van der Waals surface area contributed by atoms with Crippen LogP contribution in [0.3, 0.4) is 0 Å². The first-order valence-corrected chi connectivity index (χ1v) is 16.8. The van der Waals surface area contributed by atoms with Crippen LogP contribution in [0, 0.1) is 11.6 Å². The molecule has 0 radical (unpaired) electrons. The van der Waals surface area contributed by atoms with Gasteiger partial charge in [0.15, 0.2) is 17.1 Å². The minimum atomic E-state index is -4.41. The van der Waals surface area contributed by atoms with Gasteiger partial charge in [0.25, 0.3) is 0 Å². The van der Waals surface area contributed by atoms with Crippen molar-refractivity contribution >= 4 is 16.8 Å². The monoisotopic (exact) mass is 687 g/mol. The number of pyridine rings is 1. The molecule has 6 rings (SSSR count). The highest BCUT2D eigenvalue weighted by Gasteiger charge is 2.30. The van der Waals surface area contributed by atoms with Crippen LogP contribution in [0.5, 0.6) is 0 Å². The number of fused-ring (bicyclic) bond motifs is 1. The molecule has 0 N–H and O–H groups in total. The van der Waals surface area contributed by atoms with Gasteiger partial charge < -0.3 is 9.47 Å². The van der Waals surface area contributed by atoms with Crippen LogP contribution in [0.2, 0.25) is 0 Å². The summed E-state index contributed by atoms with van der Waals surface area (Å²) in [6.45, 7) is 5.23. The van der Waals surface area contributed by atoms with Crippen LogP contribution in [-0.2, 0) is 43.4 Å². The quantitative estimate of drug-likeness (QED) is 0.131. The maximum absolute atomic E-state index is 14.6. The second kappa shape index (κ2) is 15.0. The summed E-state index contributed by atoms with van der Waals surface area (Å²) < 4.78 is 69.4. The Kier molecular flexibility index (Phi) is 10.5. The number of alkyl halides is 3. The second-order valence-electron chi connectivity index (χ2n) is 12.8. The first kappa shape index (κ1) is 35.0. The molecule has 260 valence electrons. The van der Waals surface area contributed by atoms with E-state index in [-0.39, 0.29) is 36.3 Å². The molecule has 1 aromatic heterocycles. The molecule has 0 atom stereocenters. The summed E-state index contributed by atoms with van der Waals surface area (Å²) in [5, 5.41) is 0.477. The number of benzene rings is 4. The van der Waals surface area contributed by atoms with E-state index in [0.717, 1.165) is 67.4 Å². The molecule has 5 aromatic rings. The second-order valence-corrected chi connectivity index (χ2v) is 12.8. The minimum absolute atomic E-state index is 0.0671. The van der Waals surface area contributed by atoms with Crippen LogP contribution in [-0.4, -0.2) is 39.9 Å². The van der Waals surface area contributed by atoms with Crippen molar-refractivity contribution in [2.24, 2.45) is 0 Å². The number of likely N-dealkylation sites (N-methyl/N-ethyl adjacent to an activating group) is 1. The minimum Gasteiger partial charge on any atom is -0.337 e. The molecule has 1 aliphatic heterocycles. The van der Waals surface area contributed by atoms with Crippen LogP contribution in [0.15, 0.2) is 95.8 Å². The highest BCUT2D eigenvalue weighted by Crippen LogP contribution is 2.31. The van der Waals surface area contributed by atoms with Gasteiger partial charge in [-0.15, -0.1) is 0 Å². The number of carbonyl (C=O) groups excluding carboxylic acids is 1. The SMILES string of the molecule is CCN(Cc1ccc(-c2ccc(C(F)(F)F)cc2)cc1)C(=O)Cn1c(CCc2cccc(F)c2F)cc(=O)c2ccc(CN3CCCC3)cc21. The number of hydrogen-bond acceptors (Lipinski definition) is 3. The highest BCUT2D eigenvalue weighted by atomic mass is 19.4. The van der Waals surface area contributed by atoms with E-state index in [2.05, 4.69) is 4.90 Å². The van der Waals surface area contributed by atoms with Crippen molar-refractivity contribution in [1.82, 2.24) is 14.4 Å². The number of nitrogens with zero attached hydrogens (tertiary/aromatic N) is 3. The van der Waals surface area contributed by atoms with E-state index in [9.17, 15) is 31.5 Å². The number of halogens is 5. The Bertz CT molecular complexity index is 2030. The van der Waals surface area contributed by atoms with Crippen LogP contribution in [0.1, 0.15) is 47.7 Å². The average Bonchev–Trinajstić information content (AvgIpc) is 3.62. The fourth-order valence-corrected chi connectivity index (χ4v) is 6.65. The molecular formula is C40H38F5N3O2. The van der Waals surface area contributed by atoms with Gasteiger partial charge in [-0.2, -0.15) is 13.2 Å². The Labute approximate surface area is 287 Å². The lowest BCUT2D eigenvalue weighted by atomic mass is 10.0. The molecule has 0 spiro atoms. The zero-order valence-corrected chi connectivity index (χ0v) is 27.8. The maximum Gasteiger partial charge on any atom is 0.416 e. The van der Waals surface area contributed by atoms with Crippen molar-refractivity contribution in [3.8, 4) is 11.1 Å². The zero-order chi connectivity index (χ0) is 35.4. The van der Waals surface area contributed by atoms with Crippen LogP contribution in [0.25, 0.3) is 22.0 Å². The number of hydrogen-bond donors (Lipinski definition) is 0. The van der Waals surface area contributed by atoms with Gasteiger partial charge in [0.1, 0.15) is 6.54 Å². The Hall–Kier alpha value is -4.83. The van der Waals surface area contributed by atoms with Crippen molar-refractivity contribution < 1.29 is 26.7 Å². The van der Waals surface area contributed by atoms with Crippen molar-refractivity contribution in [1.29, 1.82) is 0 Å². The third-order valence-electron chi connectivity index (χ3n) is 9.45. The molecule has 0 saturated carbocycles. The van der Waals surface area contributed by atoms with E-state index < -0.39 is 23.4 Å². The fraction of sp³-hybridized carbons (Fsp3) is 0.300. The Morgan fingerprint density at radius 2 is 1.48 bits per heavy atom. The van der Waals surface area contributed by atoms with E-state index in [1.807, 2.05) is 47.9 Å². The summed E-state index contributed by atoms with van der Waals surface area (Å²) in [6.07, 6.45) is -1.78. The molecule has 2 heterocycles. The number of aryl methyl sites for hydroxylation is 2. The predicted molar refractivity (Wildman–Crippen MR) is 184 cm³/mol. The van der Waals surface area contributed by atoms with Crippen molar-refractivity contribution in [3.63, 3.8) is 0 Å². The van der Waals surface area contributed by atoms with Crippen molar-refractivity contribution in [2.45, 2.75) is 58.4 Å². The lowest BCUT2D eigenvalue weighted by Crippen LogP contribution is -2.34. The van der Waals surface area contributed by atoms with Gasteiger partial charge >= 0.3 is 6.18 Å². The topological polar surface area (TPSA) is 45.6 Å².